The van der Waals surface area contributed by atoms with Gasteiger partial charge in [0.25, 0.3) is 0 Å². The van der Waals surface area contributed by atoms with Gasteiger partial charge in [-0.3, -0.25) is 9.59 Å². The number of hydrogen-bond donors (Lipinski definition) is 2. The van der Waals surface area contributed by atoms with Crippen LogP contribution in [0, 0.1) is 0 Å². The Kier molecular flexibility index (Phi) is 4.76. The molecule has 0 fully saturated rings. The maximum Gasteiger partial charge on any atom is 0.228 e. The first-order chi connectivity index (χ1) is 9.54. The van der Waals surface area contributed by atoms with E-state index in [1.807, 2.05) is 16.8 Å². The topological polar surface area (TPSA) is 58.2 Å². The normalized spacial score (nSPS) is 10.1. The van der Waals surface area contributed by atoms with Gasteiger partial charge in [0.2, 0.25) is 11.8 Å². The fourth-order valence-electron chi connectivity index (χ4n) is 1.67. The van der Waals surface area contributed by atoms with Crippen molar-refractivity contribution in [3.05, 3.63) is 45.6 Å². The SMILES string of the molecule is CC(=O)Nc1ccc(NC(=O)Cc2ccsc2)cc1Cl. The number of rotatable bonds is 4. The number of thiophene rings is 1. The summed E-state index contributed by atoms with van der Waals surface area (Å²) in [6.45, 7) is 1.41. The summed E-state index contributed by atoms with van der Waals surface area (Å²) in [5, 5.41) is 9.63. The minimum absolute atomic E-state index is 0.105. The van der Waals surface area contributed by atoms with Crippen LogP contribution in [0.3, 0.4) is 0 Å². The van der Waals surface area contributed by atoms with Crippen molar-refractivity contribution in [1.29, 1.82) is 0 Å². The number of anilines is 2. The van der Waals surface area contributed by atoms with Gasteiger partial charge >= 0.3 is 0 Å². The van der Waals surface area contributed by atoms with Crippen molar-refractivity contribution < 1.29 is 9.59 Å². The number of benzene rings is 1. The van der Waals surface area contributed by atoms with Crippen LogP contribution in [0.15, 0.2) is 35.0 Å². The molecule has 6 heteroatoms. The summed E-state index contributed by atoms with van der Waals surface area (Å²) in [4.78, 5) is 22.8. The standard InChI is InChI=1S/C14H13ClN2O2S/c1-9(18)16-13-3-2-11(7-12(13)15)17-14(19)6-10-4-5-20-8-10/h2-5,7-8H,6H2,1H3,(H,16,18)(H,17,19). The molecule has 0 unspecified atom stereocenters. The van der Waals surface area contributed by atoms with Gasteiger partial charge in [-0.25, -0.2) is 0 Å². The number of nitrogens with one attached hydrogen (secondary N) is 2. The molecule has 104 valence electrons. The van der Waals surface area contributed by atoms with Crippen LogP contribution in [0.4, 0.5) is 11.4 Å². The van der Waals surface area contributed by atoms with Crippen molar-refractivity contribution in [3.8, 4) is 0 Å². The number of carbonyl (C=O) groups is 2. The van der Waals surface area contributed by atoms with Gasteiger partial charge in [0, 0.05) is 12.6 Å². The second-order valence-electron chi connectivity index (χ2n) is 4.23. The van der Waals surface area contributed by atoms with E-state index >= 15 is 0 Å². The van der Waals surface area contributed by atoms with Crippen LogP contribution in [0.1, 0.15) is 12.5 Å². The highest BCUT2D eigenvalue weighted by atomic mass is 35.5. The third-order valence-corrected chi connectivity index (χ3v) is 3.55. The van der Waals surface area contributed by atoms with E-state index in [2.05, 4.69) is 10.6 Å². The highest BCUT2D eigenvalue weighted by Gasteiger charge is 2.07. The van der Waals surface area contributed by atoms with Crippen LogP contribution in [0.2, 0.25) is 5.02 Å². The maximum atomic E-state index is 11.8. The molecule has 1 aromatic heterocycles. The second-order valence-corrected chi connectivity index (χ2v) is 5.42. The first-order valence-electron chi connectivity index (χ1n) is 5.92. The van der Waals surface area contributed by atoms with E-state index < -0.39 is 0 Å². The largest absolute Gasteiger partial charge is 0.326 e. The Balaban J connectivity index is 2.01. The minimum atomic E-state index is -0.193. The fourth-order valence-corrected chi connectivity index (χ4v) is 2.56. The Morgan fingerprint density at radius 2 is 2.05 bits per heavy atom. The van der Waals surface area contributed by atoms with Crippen LogP contribution in [0.25, 0.3) is 0 Å². The minimum Gasteiger partial charge on any atom is -0.326 e. The Labute approximate surface area is 125 Å². The predicted octanol–water partition coefficient (Wildman–Crippen LogP) is 3.54. The average Bonchev–Trinajstić information content (AvgIpc) is 2.85. The molecular formula is C14H13ClN2O2S. The molecule has 0 aliphatic rings. The molecule has 0 saturated heterocycles. The fraction of sp³-hybridized carbons (Fsp3) is 0.143. The van der Waals surface area contributed by atoms with E-state index in [0.29, 0.717) is 22.8 Å². The molecule has 0 spiro atoms. The summed E-state index contributed by atoms with van der Waals surface area (Å²) >= 11 is 7.59. The Hall–Kier alpha value is -1.85. The van der Waals surface area contributed by atoms with Crippen LogP contribution in [0.5, 0.6) is 0 Å². The zero-order valence-corrected chi connectivity index (χ0v) is 12.3. The number of amides is 2. The van der Waals surface area contributed by atoms with Crippen molar-refractivity contribution in [3.63, 3.8) is 0 Å². The van der Waals surface area contributed by atoms with Crippen LogP contribution >= 0.6 is 22.9 Å². The molecule has 0 bridgehead atoms. The Morgan fingerprint density at radius 3 is 2.65 bits per heavy atom. The quantitative estimate of drug-likeness (QED) is 0.907. The van der Waals surface area contributed by atoms with Gasteiger partial charge in [0.1, 0.15) is 0 Å². The lowest BCUT2D eigenvalue weighted by Crippen LogP contribution is -2.14. The van der Waals surface area contributed by atoms with Gasteiger partial charge in [-0.05, 0) is 40.6 Å². The van der Waals surface area contributed by atoms with Crippen LogP contribution < -0.4 is 10.6 Å². The highest BCUT2D eigenvalue weighted by Crippen LogP contribution is 2.25. The number of carbonyl (C=O) groups excluding carboxylic acids is 2. The van der Waals surface area contributed by atoms with Gasteiger partial charge in [0.15, 0.2) is 0 Å². The molecule has 20 heavy (non-hydrogen) atoms. The molecule has 0 aliphatic heterocycles. The third-order valence-electron chi connectivity index (χ3n) is 2.51. The summed E-state index contributed by atoms with van der Waals surface area (Å²) in [6, 6.07) is 6.88. The molecule has 2 amide bonds. The van der Waals surface area contributed by atoms with E-state index in [1.165, 1.54) is 6.92 Å². The van der Waals surface area contributed by atoms with Gasteiger partial charge < -0.3 is 10.6 Å². The molecule has 0 aliphatic carbocycles. The molecular weight excluding hydrogens is 296 g/mol. The lowest BCUT2D eigenvalue weighted by atomic mass is 10.2. The average molecular weight is 309 g/mol. The van der Waals surface area contributed by atoms with Crippen molar-refractivity contribution in [2.75, 3.05) is 10.6 Å². The predicted molar refractivity (Wildman–Crippen MR) is 82.4 cm³/mol. The first-order valence-corrected chi connectivity index (χ1v) is 7.25. The molecule has 2 rings (SSSR count). The van der Waals surface area contributed by atoms with E-state index in [-0.39, 0.29) is 11.8 Å². The van der Waals surface area contributed by atoms with Gasteiger partial charge in [0.05, 0.1) is 17.1 Å². The molecule has 4 nitrogen and oxygen atoms in total. The van der Waals surface area contributed by atoms with Crippen molar-refractivity contribution >= 4 is 46.1 Å². The molecule has 2 aromatic rings. The van der Waals surface area contributed by atoms with Crippen molar-refractivity contribution in [2.24, 2.45) is 0 Å². The molecule has 0 saturated carbocycles. The highest BCUT2D eigenvalue weighted by molar-refractivity contribution is 7.08. The zero-order valence-electron chi connectivity index (χ0n) is 10.8. The molecule has 1 aromatic carbocycles. The summed E-state index contributed by atoms with van der Waals surface area (Å²) in [5.74, 6) is -0.298. The van der Waals surface area contributed by atoms with E-state index in [1.54, 1.807) is 29.5 Å². The van der Waals surface area contributed by atoms with Gasteiger partial charge in [-0.2, -0.15) is 11.3 Å². The summed E-state index contributed by atoms with van der Waals surface area (Å²) in [7, 11) is 0. The first kappa shape index (κ1) is 14.6. The van der Waals surface area contributed by atoms with Gasteiger partial charge in [-0.1, -0.05) is 11.6 Å². The van der Waals surface area contributed by atoms with Crippen LogP contribution in [-0.2, 0) is 16.0 Å². The molecule has 1 heterocycles. The zero-order chi connectivity index (χ0) is 14.5. The van der Waals surface area contributed by atoms with E-state index in [4.69, 9.17) is 11.6 Å². The third kappa shape index (κ3) is 4.08. The van der Waals surface area contributed by atoms with E-state index in [0.717, 1.165) is 5.56 Å². The number of halogens is 1. The summed E-state index contributed by atoms with van der Waals surface area (Å²) in [5.41, 5.74) is 2.10. The summed E-state index contributed by atoms with van der Waals surface area (Å²) < 4.78 is 0. The lowest BCUT2D eigenvalue weighted by Gasteiger charge is -2.08. The van der Waals surface area contributed by atoms with E-state index in [9.17, 15) is 9.59 Å². The van der Waals surface area contributed by atoms with Crippen molar-refractivity contribution in [1.82, 2.24) is 0 Å². The maximum absolute atomic E-state index is 11.8. The second kappa shape index (κ2) is 6.54. The summed E-state index contributed by atoms with van der Waals surface area (Å²) in [6.07, 6.45) is 0.328. The molecule has 2 N–H and O–H groups in total. The smallest absolute Gasteiger partial charge is 0.228 e. The van der Waals surface area contributed by atoms with Gasteiger partial charge in [-0.15, -0.1) is 0 Å². The Bertz CT molecular complexity index is 626. The Morgan fingerprint density at radius 1 is 1.25 bits per heavy atom. The lowest BCUT2D eigenvalue weighted by molar-refractivity contribution is -0.116. The van der Waals surface area contributed by atoms with Crippen LogP contribution in [-0.4, -0.2) is 11.8 Å². The molecule has 0 atom stereocenters. The monoisotopic (exact) mass is 308 g/mol. The van der Waals surface area contributed by atoms with Crippen molar-refractivity contribution in [2.45, 2.75) is 13.3 Å². The molecule has 0 radical (unpaired) electrons. The number of hydrogen-bond acceptors (Lipinski definition) is 3.